The van der Waals surface area contributed by atoms with Crippen LogP contribution in [0.25, 0.3) is 0 Å². The van der Waals surface area contributed by atoms with Gasteiger partial charge < -0.3 is 0 Å². The van der Waals surface area contributed by atoms with Gasteiger partial charge in [-0.05, 0) is 23.6 Å². The first-order chi connectivity index (χ1) is 6.20. The molecule has 0 spiro atoms. The highest BCUT2D eigenvalue weighted by Gasteiger charge is 2.10. The van der Waals surface area contributed by atoms with Gasteiger partial charge in [-0.25, -0.2) is 4.39 Å². The summed E-state index contributed by atoms with van der Waals surface area (Å²) in [6.45, 7) is 7.58. The van der Waals surface area contributed by atoms with E-state index in [1.165, 1.54) is 6.07 Å². The van der Waals surface area contributed by atoms with E-state index in [0.29, 0.717) is 6.42 Å². The molecular formula is C12H14F. The summed E-state index contributed by atoms with van der Waals surface area (Å²) < 4.78 is 13.3. The van der Waals surface area contributed by atoms with Gasteiger partial charge in [0.15, 0.2) is 0 Å². The van der Waals surface area contributed by atoms with Crippen molar-refractivity contribution in [2.24, 2.45) is 0 Å². The highest BCUT2D eigenvalue weighted by Crippen LogP contribution is 2.22. The molecule has 1 rings (SSSR count). The lowest BCUT2D eigenvalue weighted by atomic mass is 9.94. The summed E-state index contributed by atoms with van der Waals surface area (Å²) in [5.41, 5.74) is 1.75. The van der Waals surface area contributed by atoms with Crippen molar-refractivity contribution in [2.75, 3.05) is 0 Å². The van der Waals surface area contributed by atoms with E-state index in [9.17, 15) is 4.39 Å². The maximum absolute atomic E-state index is 13.3. The lowest BCUT2D eigenvalue weighted by molar-refractivity contribution is 0.610. The summed E-state index contributed by atoms with van der Waals surface area (Å²) in [5.74, 6) is 0.901. The van der Waals surface area contributed by atoms with E-state index in [-0.39, 0.29) is 5.82 Å². The Morgan fingerprint density at radius 3 is 2.77 bits per heavy atom. The predicted octanol–water partition coefficient (Wildman–Crippen LogP) is 3.52. The Morgan fingerprint density at radius 2 is 2.23 bits per heavy atom. The second-order valence-electron chi connectivity index (χ2n) is 3.01. The summed E-state index contributed by atoms with van der Waals surface area (Å²) >= 11 is 0. The second kappa shape index (κ2) is 4.22. The van der Waals surface area contributed by atoms with Gasteiger partial charge in [-0.3, -0.25) is 0 Å². The number of halogens is 1. The Kier molecular flexibility index (Phi) is 3.24. The van der Waals surface area contributed by atoms with Crippen LogP contribution in [0.5, 0.6) is 0 Å². The number of benzene rings is 1. The molecule has 0 bridgehead atoms. The molecule has 0 nitrogen and oxygen atoms in total. The van der Waals surface area contributed by atoms with E-state index in [1.807, 2.05) is 19.9 Å². The van der Waals surface area contributed by atoms with Crippen LogP contribution >= 0.6 is 0 Å². The molecule has 0 saturated heterocycles. The molecule has 0 aliphatic carbocycles. The predicted molar refractivity (Wildman–Crippen MR) is 54.0 cm³/mol. The molecule has 0 heterocycles. The molecule has 69 valence electrons. The SMILES string of the molecule is C=C[C](C)c1cccc(F)c1CC. The lowest BCUT2D eigenvalue weighted by Crippen LogP contribution is -1.99. The quantitative estimate of drug-likeness (QED) is 0.662. The average molecular weight is 177 g/mol. The third kappa shape index (κ3) is 1.97. The summed E-state index contributed by atoms with van der Waals surface area (Å²) in [6.07, 6.45) is 2.47. The Bertz CT molecular complexity index is 302. The Labute approximate surface area is 79.1 Å². The van der Waals surface area contributed by atoms with Gasteiger partial charge in [0.2, 0.25) is 0 Å². The monoisotopic (exact) mass is 177 g/mol. The molecule has 0 aliphatic heterocycles. The highest BCUT2D eigenvalue weighted by atomic mass is 19.1. The van der Waals surface area contributed by atoms with Crippen LogP contribution in [0.3, 0.4) is 0 Å². The van der Waals surface area contributed by atoms with E-state index >= 15 is 0 Å². The zero-order valence-electron chi connectivity index (χ0n) is 8.10. The molecule has 0 aliphatic rings. The van der Waals surface area contributed by atoms with Crippen molar-refractivity contribution < 1.29 is 4.39 Å². The van der Waals surface area contributed by atoms with Gasteiger partial charge in [0.05, 0.1) is 0 Å². The molecule has 13 heavy (non-hydrogen) atoms. The molecule has 0 amide bonds. The van der Waals surface area contributed by atoms with E-state index in [4.69, 9.17) is 0 Å². The van der Waals surface area contributed by atoms with Gasteiger partial charge in [-0.2, -0.15) is 0 Å². The molecule has 0 N–H and O–H groups in total. The molecule has 0 saturated carbocycles. The first-order valence-electron chi connectivity index (χ1n) is 4.44. The molecule has 1 aromatic rings. The summed E-state index contributed by atoms with van der Waals surface area (Å²) in [5, 5.41) is 0. The average Bonchev–Trinajstić information content (AvgIpc) is 2.16. The molecule has 0 atom stereocenters. The molecule has 1 heteroatoms. The number of allylic oxidation sites excluding steroid dienone is 1. The van der Waals surface area contributed by atoms with Gasteiger partial charge >= 0.3 is 0 Å². The zero-order valence-corrected chi connectivity index (χ0v) is 8.10. The number of rotatable bonds is 3. The number of hydrogen-bond acceptors (Lipinski definition) is 0. The van der Waals surface area contributed by atoms with Crippen molar-refractivity contribution >= 4 is 0 Å². The van der Waals surface area contributed by atoms with Crippen molar-refractivity contribution in [3.63, 3.8) is 0 Å². The maximum Gasteiger partial charge on any atom is 0.126 e. The molecule has 1 radical (unpaired) electrons. The van der Waals surface area contributed by atoms with Gasteiger partial charge in [0, 0.05) is 5.92 Å². The summed E-state index contributed by atoms with van der Waals surface area (Å²) in [6, 6.07) is 5.16. The minimum atomic E-state index is -0.124. The topological polar surface area (TPSA) is 0 Å². The lowest BCUT2D eigenvalue weighted by Gasteiger charge is -2.11. The molecule has 0 fully saturated rings. The summed E-state index contributed by atoms with van der Waals surface area (Å²) in [4.78, 5) is 0. The van der Waals surface area contributed by atoms with Crippen molar-refractivity contribution in [1.82, 2.24) is 0 Å². The van der Waals surface area contributed by atoms with Crippen LogP contribution in [0.15, 0.2) is 30.9 Å². The van der Waals surface area contributed by atoms with Crippen LogP contribution in [0, 0.1) is 11.7 Å². The van der Waals surface area contributed by atoms with Crippen LogP contribution < -0.4 is 0 Å². The maximum atomic E-state index is 13.3. The first-order valence-corrected chi connectivity index (χ1v) is 4.44. The fourth-order valence-electron chi connectivity index (χ4n) is 1.40. The smallest absolute Gasteiger partial charge is 0.126 e. The Morgan fingerprint density at radius 1 is 1.54 bits per heavy atom. The molecule has 1 aromatic carbocycles. The van der Waals surface area contributed by atoms with Crippen LogP contribution in [0.1, 0.15) is 25.0 Å². The zero-order chi connectivity index (χ0) is 9.84. The third-order valence-electron chi connectivity index (χ3n) is 2.20. The largest absolute Gasteiger partial charge is 0.207 e. The van der Waals surface area contributed by atoms with Gasteiger partial charge in [0.1, 0.15) is 5.82 Å². The van der Waals surface area contributed by atoms with E-state index in [2.05, 4.69) is 6.58 Å². The van der Waals surface area contributed by atoms with Gasteiger partial charge in [-0.15, -0.1) is 6.58 Å². The van der Waals surface area contributed by atoms with Crippen molar-refractivity contribution in [2.45, 2.75) is 20.3 Å². The highest BCUT2D eigenvalue weighted by molar-refractivity contribution is 5.42. The minimum absolute atomic E-state index is 0.124. The van der Waals surface area contributed by atoms with Crippen molar-refractivity contribution in [3.05, 3.63) is 53.7 Å². The molecule has 0 unspecified atom stereocenters. The van der Waals surface area contributed by atoms with Crippen LogP contribution in [0.4, 0.5) is 4.39 Å². The Hall–Kier alpha value is -1.11. The van der Waals surface area contributed by atoms with Gasteiger partial charge in [0.25, 0.3) is 0 Å². The van der Waals surface area contributed by atoms with Crippen molar-refractivity contribution in [1.29, 1.82) is 0 Å². The van der Waals surface area contributed by atoms with Gasteiger partial charge in [-0.1, -0.05) is 32.1 Å². The Balaban J connectivity index is 3.19. The van der Waals surface area contributed by atoms with Crippen LogP contribution in [-0.4, -0.2) is 0 Å². The van der Waals surface area contributed by atoms with E-state index in [1.54, 1.807) is 12.1 Å². The fraction of sp³-hybridized carbons (Fsp3) is 0.250. The first kappa shape index (κ1) is 9.97. The standard InChI is InChI=1S/C12H14F/c1-4-9(3)11-7-6-8-12(13)10(11)5-2/h4,6-8H,1,5H2,2-3H3. The minimum Gasteiger partial charge on any atom is -0.207 e. The van der Waals surface area contributed by atoms with Crippen molar-refractivity contribution in [3.8, 4) is 0 Å². The summed E-state index contributed by atoms with van der Waals surface area (Å²) in [7, 11) is 0. The van der Waals surface area contributed by atoms with Crippen LogP contribution in [0.2, 0.25) is 0 Å². The normalized spacial score (nSPS) is 10.5. The van der Waals surface area contributed by atoms with Crippen LogP contribution in [-0.2, 0) is 6.42 Å². The third-order valence-corrected chi connectivity index (χ3v) is 2.20. The van der Waals surface area contributed by atoms with E-state index < -0.39 is 0 Å². The molecule has 0 aromatic heterocycles. The van der Waals surface area contributed by atoms with E-state index in [0.717, 1.165) is 17.0 Å². The fourth-order valence-corrected chi connectivity index (χ4v) is 1.40. The number of hydrogen-bond donors (Lipinski definition) is 0. The molecular weight excluding hydrogens is 163 g/mol. The second-order valence-corrected chi connectivity index (χ2v) is 3.01.